The average Bonchev–Trinajstić information content (AvgIpc) is 2.45. The van der Waals surface area contributed by atoms with Crippen LogP contribution in [0.5, 0.6) is 5.75 Å². The number of halogens is 2. The Bertz CT molecular complexity index is 411. The van der Waals surface area contributed by atoms with Crippen molar-refractivity contribution >= 4 is 12.4 Å². The van der Waals surface area contributed by atoms with Crippen LogP contribution >= 0.6 is 12.4 Å². The van der Waals surface area contributed by atoms with Gasteiger partial charge in [-0.15, -0.1) is 12.4 Å². The number of methoxy groups -OCH3 is 1. The second-order valence-electron chi connectivity index (χ2n) is 5.22. The minimum absolute atomic E-state index is 0. The number of hydrogen-bond donors (Lipinski definition) is 2. The fourth-order valence-electron chi connectivity index (χ4n) is 2.50. The molecule has 0 amide bonds. The van der Waals surface area contributed by atoms with E-state index in [4.69, 9.17) is 4.74 Å². The highest BCUT2D eigenvalue weighted by molar-refractivity contribution is 5.85. The lowest BCUT2D eigenvalue weighted by molar-refractivity contribution is 0.344. The maximum absolute atomic E-state index is 13.6. The van der Waals surface area contributed by atoms with Crippen LogP contribution in [0.4, 0.5) is 4.39 Å². The van der Waals surface area contributed by atoms with Gasteiger partial charge in [0.15, 0.2) is 11.6 Å². The summed E-state index contributed by atoms with van der Waals surface area (Å²) in [6, 6.07) is 5.32. The molecule has 1 fully saturated rings. The Morgan fingerprint density at radius 2 is 2.10 bits per heavy atom. The normalized spacial score (nSPS) is 17.4. The highest BCUT2D eigenvalue weighted by atomic mass is 35.5. The van der Waals surface area contributed by atoms with E-state index in [1.807, 2.05) is 6.07 Å². The Morgan fingerprint density at radius 1 is 1.40 bits per heavy atom. The first-order valence-electron chi connectivity index (χ1n) is 6.98. The molecular formula is C15H24ClFN2O. The lowest BCUT2D eigenvalue weighted by Crippen LogP contribution is -2.34. The maximum Gasteiger partial charge on any atom is 0.165 e. The van der Waals surface area contributed by atoms with Crippen molar-refractivity contribution in [2.75, 3.05) is 26.7 Å². The zero-order valence-electron chi connectivity index (χ0n) is 12.1. The fourth-order valence-corrected chi connectivity index (χ4v) is 2.50. The lowest BCUT2D eigenvalue weighted by Gasteiger charge is -2.25. The molecule has 2 N–H and O–H groups in total. The second-order valence-corrected chi connectivity index (χ2v) is 5.22. The quantitative estimate of drug-likeness (QED) is 0.877. The summed E-state index contributed by atoms with van der Waals surface area (Å²) < 4.78 is 18.6. The van der Waals surface area contributed by atoms with E-state index in [1.54, 1.807) is 12.1 Å². The van der Waals surface area contributed by atoms with Gasteiger partial charge in [-0.05, 0) is 63.0 Å². The molecule has 0 spiro atoms. The molecule has 1 aromatic rings. The highest BCUT2D eigenvalue weighted by Crippen LogP contribution is 2.22. The molecule has 1 aliphatic heterocycles. The van der Waals surface area contributed by atoms with Crippen molar-refractivity contribution in [3.63, 3.8) is 0 Å². The van der Waals surface area contributed by atoms with Gasteiger partial charge in [0.2, 0.25) is 0 Å². The number of nitrogens with one attached hydrogen (secondary N) is 2. The predicted molar refractivity (Wildman–Crippen MR) is 82.2 cm³/mol. The zero-order chi connectivity index (χ0) is 13.7. The molecule has 1 aromatic carbocycles. The van der Waals surface area contributed by atoms with E-state index in [-0.39, 0.29) is 24.3 Å². The SMILES string of the molecule is COc1ccc(C(C)NCC2CCNCC2)cc1F.Cl. The predicted octanol–water partition coefficient (Wildman–Crippen LogP) is 2.91. The first-order chi connectivity index (χ1) is 9.20. The van der Waals surface area contributed by atoms with Gasteiger partial charge < -0.3 is 15.4 Å². The van der Waals surface area contributed by atoms with Crippen LogP contribution in [0.1, 0.15) is 31.4 Å². The third-order valence-corrected chi connectivity index (χ3v) is 3.85. The topological polar surface area (TPSA) is 33.3 Å². The molecule has 2 rings (SSSR count). The Morgan fingerprint density at radius 3 is 2.70 bits per heavy atom. The van der Waals surface area contributed by atoms with Crippen molar-refractivity contribution in [3.05, 3.63) is 29.6 Å². The molecule has 0 saturated carbocycles. The molecule has 1 unspecified atom stereocenters. The van der Waals surface area contributed by atoms with E-state index < -0.39 is 0 Å². The van der Waals surface area contributed by atoms with Gasteiger partial charge in [-0.25, -0.2) is 4.39 Å². The Labute approximate surface area is 126 Å². The molecule has 1 heterocycles. The lowest BCUT2D eigenvalue weighted by atomic mass is 9.97. The largest absolute Gasteiger partial charge is 0.494 e. The number of benzene rings is 1. The van der Waals surface area contributed by atoms with Crippen LogP contribution in [0.3, 0.4) is 0 Å². The Kier molecular flexibility index (Phi) is 7.27. The van der Waals surface area contributed by atoms with Gasteiger partial charge in [-0.1, -0.05) is 6.07 Å². The Hall–Kier alpha value is -0.840. The van der Waals surface area contributed by atoms with E-state index in [9.17, 15) is 4.39 Å². The molecule has 3 nitrogen and oxygen atoms in total. The van der Waals surface area contributed by atoms with Crippen LogP contribution in [0.15, 0.2) is 18.2 Å². The van der Waals surface area contributed by atoms with Crippen molar-refractivity contribution in [1.82, 2.24) is 10.6 Å². The van der Waals surface area contributed by atoms with Gasteiger partial charge in [0.1, 0.15) is 0 Å². The maximum atomic E-state index is 13.6. The van der Waals surface area contributed by atoms with Crippen LogP contribution < -0.4 is 15.4 Å². The molecule has 5 heteroatoms. The minimum Gasteiger partial charge on any atom is -0.494 e. The number of rotatable bonds is 5. The summed E-state index contributed by atoms with van der Waals surface area (Å²) in [6.45, 7) is 5.29. The molecule has 20 heavy (non-hydrogen) atoms. The molecule has 0 aromatic heterocycles. The zero-order valence-corrected chi connectivity index (χ0v) is 12.9. The smallest absolute Gasteiger partial charge is 0.165 e. The summed E-state index contributed by atoms with van der Waals surface area (Å²) in [4.78, 5) is 0. The van der Waals surface area contributed by atoms with E-state index >= 15 is 0 Å². The van der Waals surface area contributed by atoms with Crippen LogP contribution in [0.2, 0.25) is 0 Å². The highest BCUT2D eigenvalue weighted by Gasteiger charge is 2.15. The monoisotopic (exact) mass is 302 g/mol. The summed E-state index contributed by atoms with van der Waals surface area (Å²) in [7, 11) is 1.48. The van der Waals surface area contributed by atoms with Crippen LogP contribution in [0.25, 0.3) is 0 Å². The molecule has 1 aliphatic rings. The number of hydrogen-bond acceptors (Lipinski definition) is 3. The third kappa shape index (κ3) is 4.62. The van der Waals surface area contributed by atoms with Crippen molar-refractivity contribution < 1.29 is 9.13 Å². The number of ether oxygens (including phenoxy) is 1. The molecule has 1 saturated heterocycles. The summed E-state index contributed by atoms with van der Waals surface area (Å²) in [6.07, 6.45) is 2.44. The number of piperidine rings is 1. The van der Waals surface area contributed by atoms with Crippen LogP contribution in [0, 0.1) is 11.7 Å². The first-order valence-corrected chi connectivity index (χ1v) is 6.98. The van der Waals surface area contributed by atoms with Crippen molar-refractivity contribution in [2.45, 2.75) is 25.8 Å². The summed E-state index contributed by atoms with van der Waals surface area (Å²) >= 11 is 0. The van der Waals surface area contributed by atoms with Gasteiger partial charge in [-0.2, -0.15) is 0 Å². The average molecular weight is 303 g/mol. The molecule has 114 valence electrons. The minimum atomic E-state index is -0.296. The van der Waals surface area contributed by atoms with Gasteiger partial charge in [-0.3, -0.25) is 0 Å². The molecule has 0 bridgehead atoms. The standard InChI is InChI=1S/C15H23FN2O.ClH/c1-11(18-10-12-5-7-17-8-6-12)13-3-4-15(19-2)14(16)9-13;/h3-4,9,11-12,17-18H,5-8,10H2,1-2H3;1H. The van der Waals surface area contributed by atoms with Crippen LogP contribution in [-0.2, 0) is 0 Å². The summed E-state index contributed by atoms with van der Waals surface area (Å²) in [5.41, 5.74) is 0.965. The third-order valence-electron chi connectivity index (χ3n) is 3.85. The van der Waals surface area contributed by atoms with E-state index in [1.165, 1.54) is 20.0 Å². The van der Waals surface area contributed by atoms with E-state index in [0.29, 0.717) is 5.75 Å². The fraction of sp³-hybridized carbons (Fsp3) is 0.600. The van der Waals surface area contributed by atoms with Crippen LogP contribution in [-0.4, -0.2) is 26.7 Å². The first kappa shape index (κ1) is 17.2. The van der Waals surface area contributed by atoms with Gasteiger partial charge in [0.25, 0.3) is 0 Å². The van der Waals surface area contributed by atoms with Crippen molar-refractivity contribution in [1.29, 1.82) is 0 Å². The van der Waals surface area contributed by atoms with Crippen molar-refractivity contribution in [3.8, 4) is 5.75 Å². The molecule has 0 radical (unpaired) electrons. The van der Waals surface area contributed by atoms with Gasteiger partial charge >= 0.3 is 0 Å². The van der Waals surface area contributed by atoms with Gasteiger partial charge in [0.05, 0.1) is 7.11 Å². The molecule has 1 atom stereocenters. The summed E-state index contributed by atoms with van der Waals surface area (Å²) in [5.74, 6) is 0.733. The summed E-state index contributed by atoms with van der Waals surface area (Å²) in [5, 5.41) is 6.86. The Balaban J connectivity index is 0.00000200. The van der Waals surface area contributed by atoms with Crippen molar-refractivity contribution in [2.24, 2.45) is 5.92 Å². The molecular weight excluding hydrogens is 279 g/mol. The van der Waals surface area contributed by atoms with E-state index in [2.05, 4.69) is 17.6 Å². The van der Waals surface area contributed by atoms with E-state index in [0.717, 1.165) is 31.1 Å². The molecule has 0 aliphatic carbocycles. The van der Waals surface area contributed by atoms with Gasteiger partial charge in [0, 0.05) is 6.04 Å². The second kappa shape index (κ2) is 8.45.